The summed E-state index contributed by atoms with van der Waals surface area (Å²) in [4.78, 5) is 22.2. The third-order valence-corrected chi connectivity index (χ3v) is 5.10. The first kappa shape index (κ1) is 18.3. The third-order valence-electron chi connectivity index (χ3n) is 4.86. The molecule has 7 heteroatoms. The van der Waals surface area contributed by atoms with Gasteiger partial charge < -0.3 is 11.1 Å². The summed E-state index contributed by atoms with van der Waals surface area (Å²) in [5.74, 6) is 1.48. The van der Waals surface area contributed by atoms with Crippen LogP contribution in [0.3, 0.4) is 0 Å². The van der Waals surface area contributed by atoms with Gasteiger partial charge in [-0.05, 0) is 55.7 Å². The molecule has 1 aliphatic rings. The fraction of sp³-hybridized carbons (Fsp3) is 0.190. The Bertz CT molecular complexity index is 1040. The first-order chi connectivity index (χ1) is 13.5. The number of carbonyl (C=O) groups is 1. The average molecular weight is 394 g/mol. The minimum atomic E-state index is -0.500. The van der Waals surface area contributed by atoms with Gasteiger partial charge in [-0.25, -0.2) is 14.8 Å². The van der Waals surface area contributed by atoms with E-state index in [2.05, 4.69) is 5.32 Å². The molecule has 0 bridgehead atoms. The maximum Gasteiger partial charge on any atom is 0.318 e. The molecule has 0 fully saturated rings. The van der Waals surface area contributed by atoms with E-state index in [-0.39, 0.29) is 0 Å². The number of anilines is 3. The molecule has 0 saturated heterocycles. The lowest BCUT2D eigenvalue weighted by atomic mass is 10.1. The molecule has 28 heavy (non-hydrogen) atoms. The summed E-state index contributed by atoms with van der Waals surface area (Å²) in [6.07, 6.45) is 2.97. The summed E-state index contributed by atoms with van der Waals surface area (Å²) in [7, 11) is 1.64. The summed E-state index contributed by atoms with van der Waals surface area (Å²) < 4.78 is 0. The highest BCUT2D eigenvalue weighted by Crippen LogP contribution is 2.32. The minimum absolute atomic E-state index is 0.500. The van der Waals surface area contributed by atoms with Crippen LogP contribution < -0.4 is 16.0 Å². The summed E-state index contributed by atoms with van der Waals surface area (Å²) in [5, 5.41) is 4.06. The van der Waals surface area contributed by atoms with Crippen LogP contribution in [0.4, 0.5) is 22.0 Å². The van der Waals surface area contributed by atoms with Crippen molar-refractivity contribution in [2.45, 2.75) is 19.3 Å². The molecule has 0 aliphatic heterocycles. The van der Waals surface area contributed by atoms with Gasteiger partial charge in [0.25, 0.3) is 0 Å². The van der Waals surface area contributed by atoms with Crippen molar-refractivity contribution in [3.63, 3.8) is 0 Å². The number of halogens is 1. The number of carbonyl (C=O) groups excluding carboxylic acids is 1. The van der Waals surface area contributed by atoms with Crippen LogP contribution in [0.5, 0.6) is 0 Å². The lowest BCUT2D eigenvalue weighted by Gasteiger charge is -2.16. The van der Waals surface area contributed by atoms with E-state index in [0.717, 1.165) is 53.3 Å². The van der Waals surface area contributed by atoms with Gasteiger partial charge in [-0.2, -0.15) is 0 Å². The van der Waals surface area contributed by atoms with Gasteiger partial charge in [0.05, 0.1) is 0 Å². The summed E-state index contributed by atoms with van der Waals surface area (Å²) >= 11 is 6.14. The van der Waals surface area contributed by atoms with Crippen molar-refractivity contribution in [2.24, 2.45) is 5.73 Å². The van der Waals surface area contributed by atoms with Crippen molar-refractivity contribution < 1.29 is 4.79 Å². The second-order valence-corrected chi connectivity index (χ2v) is 7.19. The number of hydrogen-bond acceptors (Lipinski definition) is 4. The molecular weight excluding hydrogens is 374 g/mol. The third kappa shape index (κ3) is 3.64. The zero-order valence-electron chi connectivity index (χ0n) is 15.4. The van der Waals surface area contributed by atoms with Gasteiger partial charge in [0.15, 0.2) is 5.82 Å². The van der Waals surface area contributed by atoms with Crippen LogP contribution in [-0.2, 0) is 12.8 Å². The van der Waals surface area contributed by atoms with Crippen LogP contribution in [0, 0.1) is 0 Å². The molecule has 4 rings (SSSR count). The molecule has 0 spiro atoms. The number of aromatic nitrogens is 2. The molecule has 2 aromatic carbocycles. The lowest BCUT2D eigenvalue weighted by molar-refractivity contribution is 0.255. The predicted molar refractivity (Wildman–Crippen MR) is 112 cm³/mol. The largest absolute Gasteiger partial charge is 0.351 e. The van der Waals surface area contributed by atoms with Crippen LogP contribution in [0.25, 0.3) is 11.4 Å². The number of nitrogens with two attached hydrogens (primary N) is 1. The number of primary amides is 1. The zero-order chi connectivity index (χ0) is 19.7. The lowest BCUT2D eigenvalue weighted by Crippen LogP contribution is -2.31. The Balaban J connectivity index is 1.67. The number of amides is 2. The van der Waals surface area contributed by atoms with Gasteiger partial charge in [-0.15, -0.1) is 0 Å². The highest BCUT2D eigenvalue weighted by molar-refractivity contribution is 6.30. The second-order valence-electron chi connectivity index (χ2n) is 6.75. The van der Waals surface area contributed by atoms with Crippen molar-refractivity contribution in [3.8, 4) is 11.4 Å². The number of urea groups is 1. The van der Waals surface area contributed by atoms with Crippen molar-refractivity contribution in [1.82, 2.24) is 9.97 Å². The van der Waals surface area contributed by atoms with Crippen molar-refractivity contribution >= 4 is 34.8 Å². The fourth-order valence-corrected chi connectivity index (χ4v) is 3.52. The Morgan fingerprint density at radius 2 is 1.93 bits per heavy atom. The number of benzene rings is 2. The molecule has 0 unspecified atom stereocenters. The molecule has 1 heterocycles. The molecule has 0 saturated carbocycles. The summed E-state index contributed by atoms with van der Waals surface area (Å²) in [5.41, 5.74) is 10.1. The van der Waals surface area contributed by atoms with Gasteiger partial charge in [-0.1, -0.05) is 23.7 Å². The van der Waals surface area contributed by atoms with Gasteiger partial charge in [0, 0.05) is 40.3 Å². The van der Waals surface area contributed by atoms with Crippen LogP contribution in [-0.4, -0.2) is 23.0 Å². The Morgan fingerprint density at radius 1 is 1.14 bits per heavy atom. The van der Waals surface area contributed by atoms with E-state index in [0.29, 0.717) is 10.8 Å². The Morgan fingerprint density at radius 3 is 2.64 bits per heavy atom. The molecule has 2 amide bonds. The van der Waals surface area contributed by atoms with Crippen LogP contribution in [0.1, 0.15) is 17.7 Å². The van der Waals surface area contributed by atoms with E-state index in [1.54, 1.807) is 7.05 Å². The first-order valence-electron chi connectivity index (χ1n) is 9.07. The van der Waals surface area contributed by atoms with E-state index in [1.165, 1.54) is 4.90 Å². The van der Waals surface area contributed by atoms with Crippen molar-refractivity contribution in [2.75, 3.05) is 17.3 Å². The number of hydrogen-bond donors (Lipinski definition) is 2. The number of fused-ring (bicyclic) bond motifs is 1. The van der Waals surface area contributed by atoms with Gasteiger partial charge in [0.2, 0.25) is 0 Å². The molecular formula is C21H20ClN5O. The number of nitrogens with zero attached hydrogens (tertiary/aromatic N) is 3. The molecule has 3 aromatic rings. The molecule has 6 nitrogen and oxygen atoms in total. The molecule has 1 aliphatic carbocycles. The number of aryl methyl sites for hydroxylation is 1. The van der Waals surface area contributed by atoms with Crippen molar-refractivity contribution in [3.05, 3.63) is 64.8 Å². The topological polar surface area (TPSA) is 84.1 Å². The molecule has 0 radical (unpaired) electrons. The van der Waals surface area contributed by atoms with E-state index in [9.17, 15) is 4.79 Å². The minimum Gasteiger partial charge on any atom is -0.351 e. The quantitative estimate of drug-likeness (QED) is 0.681. The smallest absolute Gasteiger partial charge is 0.318 e. The first-order valence-corrected chi connectivity index (χ1v) is 9.45. The van der Waals surface area contributed by atoms with Crippen LogP contribution in [0.2, 0.25) is 5.02 Å². The van der Waals surface area contributed by atoms with E-state index in [4.69, 9.17) is 27.3 Å². The van der Waals surface area contributed by atoms with Crippen molar-refractivity contribution in [1.29, 1.82) is 0 Å². The normalized spacial score (nSPS) is 12.5. The average Bonchev–Trinajstić information content (AvgIpc) is 3.17. The predicted octanol–water partition coefficient (Wildman–Crippen LogP) is 4.54. The standard InChI is InChI=1S/C21H20ClN5O/c1-27(21(23)28)16-10-8-15(9-11-16)24-20-17-6-3-7-18(17)25-19(26-20)13-4-2-5-14(22)12-13/h2,4-5,8-12H,3,6-7H2,1H3,(H2,23,28)(H,24,25,26). The summed E-state index contributed by atoms with van der Waals surface area (Å²) in [6, 6.07) is 14.5. The fourth-order valence-electron chi connectivity index (χ4n) is 3.32. The van der Waals surface area contributed by atoms with E-state index in [1.807, 2.05) is 48.5 Å². The Kier molecular flexibility index (Phi) is 4.88. The molecule has 142 valence electrons. The zero-order valence-corrected chi connectivity index (χ0v) is 16.2. The monoisotopic (exact) mass is 393 g/mol. The van der Waals surface area contributed by atoms with Gasteiger partial charge in [0.1, 0.15) is 5.82 Å². The van der Waals surface area contributed by atoms with Gasteiger partial charge >= 0.3 is 6.03 Å². The molecule has 1 aromatic heterocycles. The second kappa shape index (κ2) is 7.48. The molecule has 3 N–H and O–H groups in total. The highest BCUT2D eigenvalue weighted by atomic mass is 35.5. The maximum atomic E-state index is 11.3. The van der Waals surface area contributed by atoms with E-state index >= 15 is 0 Å². The van der Waals surface area contributed by atoms with E-state index < -0.39 is 6.03 Å². The maximum absolute atomic E-state index is 11.3. The van der Waals surface area contributed by atoms with Crippen LogP contribution >= 0.6 is 11.6 Å². The SMILES string of the molecule is CN(C(N)=O)c1ccc(Nc2nc(-c3cccc(Cl)c3)nc3c2CCC3)cc1. The highest BCUT2D eigenvalue weighted by Gasteiger charge is 2.20. The summed E-state index contributed by atoms with van der Waals surface area (Å²) in [6.45, 7) is 0. The number of rotatable bonds is 4. The molecule has 0 atom stereocenters. The van der Waals surface area contributed by atoms with Crippen LogP contribution in [0.15, 0.2) is 48.5 Å². The van der Waals surface area contributed by atoms with Gasteiger partial charge in [-0.3, -0.25) is 4.90 Å². The number of nitrogens with one attached hydrogen (secondary N) is 1. The Hall–Kier alpha value is -3.12. The Labute approximate surface area is 168 Å².